The minimum Gasteiger partial charge on any atom is -0.103 e. The van der Waals surface area contributed by atoms with Crippen LogP contribution in [0, 0.1) is 17.8 Å². The fraction of sp³-hybridized carbons (Fsp3) is 0.462. The molecular formula is C26H31Cl. The van der Waals surface area contributed by atoms with Crippen molar-refractivity contribution in [1.82, 2.24) is 0 Å². The van der Waals surface area contributed by atoms with Gasteiger partial charge in [0.05, 0.1) is 0 Å². The van der Waals surface area contributed by atoms with Crippen LogP contribution < -0.4 is 0 Å². The third-order valence-electron chi connectivity index (χ3n) is 7.06. The van der Waals surface area contributed by atoms with Crippen LogP contribution in [-0.4, -0.2) is 0 Å². The molecule has 2 aromatic carbocycles. The van der Waals surface area contributed by atoms with Gasteiger partial charge in [0.25, 0.3) is 0 Å². The maximum atomic E-state index is 6.01. The van der Waals surface area contributed by atoms with Crippen molar-refractivity contribution in [2.24, 2.45) is 17.8 Å². The third-order valence-corrected chi connectivity index (χ3v) is 7.31. The first-order valence-corrected chi connectivity index (χ1v) is 11.1. The summed E-state index contributed by atoms with van der Waals surface area (Å²) in [5.41, 5.74) is 4.07. The van der Waals surface area contributed by atoms with Gasteiger partial charge in [-0.15, -0.1) is 6.58 Å². The highest BCUT2D eigenvalue weighted by molar-refractivity contribution is 6.30. The van der Waals surface area contributed by atoms with E-state index in [1.807, 2.05) is 12.1 Å². The van der Waals surface area contributed by atoms with Gasteiger partial charge in [-0.25, -0.2) is 0 Å². The second kappa shape index (κ2) is 8.65. The maximum Gasteiger partial charge on any atom is 0.0406 e. The number of allylic oxidation sites excluding steroid dienone is 1. The van der Waals surface area contributed by atoms with Crippen LogP contribution in [0.25, 0.3) is 11.1 Å². The van der Waals surface area contributed by atoms with Crippen molar-refractivity contribution in [2.75, 3.05) is 0 Å². The maximum absolute atomic E-state index is 6.01. The molecule has 2 aliphatic rings. The first-order valence-electron chi connectivity index (χ1n) is 10.7. The van der Waals surface area contributed by atoms with E-state index in [9.17, 15) is 0 Å². The molecule has 0 radical (unpaired) electrons. The van der Waals surface area contributed by atoms with Crippen LogP contribution in [0.3, 0.4) is 0 Å². The lowest BCUT2D eigenvalue weighted by Crippen LogP contribution is -2.30. The van der Waals surface area contributed by atoms with Gasteiger partial charge in [0.1, 0.15) is 0 Å². The molecule has 0 nitrogen and oxygen atoms in total. The van der Waals surface area contributed by atoms with Crippen LogP contribution in [0.2, 0.25) is 5.02 Å². The molecule has 4 atom stereocenters. The molecule has 4 rings (SSSR count). The van der Waals surface area contributed by atoms with Crippen LogP contribution in [0.5, 0.6) is 0 Å². The Bertz CT molecular complexity index is 743. The molecule has 27 heavy (non-hydrogen) atoms. The molecular weight excluding hydrogens is 348 g/mol. The molecule has 2 aromatic rings. The summed E-state index contributed by atoms with van der Waals surface area (Å²) in [6.45, 7) is 3.89. The Balaban J connectivity index is 1.38. The monoisotopic (exact) mass is 378 g/mol. The van der Waals surface area contributed by atoms with Crippen molar-refractivity contribution in [3.05, 3.63) is 71.8 Å². The van der Waals surface area contributed by atoms with Crippen LogP contribution in [0.1, 0.15) is 62.8 Å². The van der Waals surface area contributed by atoms with Crippen molar-refractivity contribution in [2.45, 2.75) is 57.3 Å². The first kappa shape index (κ1) is 18.8. The summed E-state index contributed by atoms with van der Waals surface area (Å²) in [5, 5.41) is 0.798. The Morgan fingerprint density at radius 3 is 2.15 bits per heavy atom. The van der Waals surface area contributed by atoms with Gasteiger partial charge >= 0.3 is 0 Å². The van der Waals surface area contributed by atoms with Crippen molar-refractivity contribution in [3.63, 3.8) is 0 Å². The lowest BCUT2D eigenvalue weighted by molar-refractivity contribution is 0.115. The molecule has 0 heterocycles. The molecule has 2 saturated carbocycles. The lowest BCUT2D eigenvalue weighted by Gasteiger charge is -2.42. The minimum absolute atomic E-state index is 0.759. The predicted molar refractivity (Wildman–Crippen MR) is 117 cm³/mol. The van der Waals surface area contributed by atoms with E-state index in [1.54, 1.807) is 5.56 Å². The summed E-state index contributed by atoms with van der Waals surface area (Å²) in [6, 6.07) is 17.5. The molecule has 0 amide bonds. The van der Waals surface area contributed by atoms with Crippen molar-refractivity contribution in [3.8, 4) is 11.1 Å². The van der Waals surface area contributed by atoms with Gasteiger partial charge < -0.3 is 0 Å². The Labute approximate surface area is 169 Å². The van der Waals surface area contributed by atoms with Gasteiger partial charge in [0.2, 0.25) is 0 Å². The van der Waals surface area contributed by atoms with E-state index in [-0.39, 0.29) is 0 Å². The Kier molecular flexibility index (Phi) is 6.03. The van der Waals surface area contributed by atoms with E-state index < -0.39 is 0 Å². The average Bonchev–Trinajstić information content (AvgIpc) is 2.72. The topological polar surface area (TPSA) is 0 Å². The Morgan fingerprint density at radius 2 is 1.44 bits per heavy atom. The molecule has 0 spiro atoms. The Hall–Kier alpha value is -1.53. The fourth-order valence-electron chi connectivity index (χ4n) is 5.49. The van der Waals surface area contributed by atoms with Crippen LogP contribution in [-0.2, 0) is 0 Å². The second-order valence-electron chi connectivity index (χ2n) is 8.70. The van der Waals surface area contributed by atoms with E-state index in [0.29, 0.717) is 0 Å². The normalized spacial score (nSPS) is 27.7. The summed E-state index contributed by atoms with van der Waals surface area (Å²) in [4.78, 5) is 0. The van der Waals surface area contributed by atoms with E-state index >= 15 is 0 Å². The number of fused-ring (bicyclic) bond motifs is 1. The first-order chi connectivity index (χ1) is 13.2. The zero-order valence-electron chi connectivity index (χ0n) is 16.2. The molecule has 4 unspecified atom stereocenters. The number of halogens is 1. The largest absolute Gasteiger partial charge is 0.103 e. The lowest BCUT2D eigenvalue weighted by atomic mass is 9.63. The third kappa shape index (κ3) is 4.49. The Morgan fingerprint density at radius 1 is 0.815 bits per heavy atom. The van der Waals surface area contributed by atoms with Gasteiger partial charge in [-0.2, -0.15) is 0 Å². The summed E-state index contributed by atoms with van der Waals surface area (Å²) < 4.78 is 0. The smallest absolute Gasteiger partial charge is 0.0406 e. The molecule has 0 saturated heterocycles. The summed E-state index contributed by atoms with van der Waals surface area (Å²) >= 11 is 6.01. The molecule has 2 aliphatic carbocycles. The number of rotatable bonds is 5. The van der Waals surface area contributed by atoms with Crippen molar-refractivity contribution < 1.29 is 0 Å². The minimum atomic E-state index is 0.759. The second-order valence-corrected chi connectivity index (χ2v) is 9.14. The number of benzene rings is 2. The van der Waals surface area contributed by atoms with E-state index in [0.717, 1.165) is 28.7 Å². The predicted octanol–water partition coefficient (Wildman–Crippen LogP) is 8.27. The summed E-state index contributed by atoms with van der Waals surface area (Å²) in [7, 11) is 0. The molecule has 0 bridgehead atoms. The highest BCUT2D eigenvalue weighted by Crippen LogP contribution is 2.48. The van der Waals surface area contributed by atoms with E-state index in [2.05, 4.69) is 49.1 Å². The summed E-state index contributed by atoms with van der Waals surface area (Å²) in [6.07, 6.45) is 13.2. The van der Waals surface area contributed by atoms with Crippen LogP contribution >= 0.6 is 11.6 Å². The highest BCUT2D eigenvalue weighted by Gasteiger charge is 2.35. The van der Waals surface area contributed by atoms with Gasteiger partial charge in [0, 0.05) is 5.02 Å². The molecule has 0 N–H and O–H groups in total. The van der Waals surface area contributed by atoms with Crippen LogP contribution in [0.15, 0.2) is 61.2 Å². The molecule has 0 aromatic heterocycles. The van der Waals surface area contributed by atoms with E-state index in [1.165, 1.54) is 62.5 Å². The van der Waals surface area contributed by atoms with Gasteiger partial charge in [-0.05, 0) is 97.4 Å². The fourth-order valence-corrected chi connectivity index (χ4v) is 5.62. The quantitative estimate of drug-likeness (QED) is 0.459. The highest BCUT2D eigenvalue weighted by atomic mass is 35.5. The van der Waals surface area contributed by atoms with E-state index in [4.69, 9.17) is 11.6 Å². The van der Waals surface area contributed by atoms with Crippen LogP contribution in [0.4, 0.5) is 0 Å². The molecule has 0 aliphatic heterocycles. The SMILES string of the molecule is C=CCCC1CCC2CC(c3ccc(-c4ccc(Cl)cc4)cc3)CCC2C1. The molecule has 2 fully saturated rings. The standard InChI is InChI=1S/C26H31Cl/c1-2-3-4-19-5-6-25-18-24(12-11-23(25)17-19)22-9-7-20(8-10-22)21-13-15-26(27)16-14-21/h2,7-10,13-16,19,23-25H,1,3-6,11-12,17-18H2. The van der Waals surface area contributed by atoms with Gasteiger partial charge in [0.15, 0.2) is 0 Å². The zero-order valence-corrected chi connectivity index (χ0v) is 17.0. The molecule has 1 heteroatoms. The molecule has 142 valence electrons. The number of hydrogen-bond acceptors (Lipinski definition) is 0. The van der Waals surface area contributed by atoms with Gasteiger partial charge in [-0.3, -0.25) is 0 Å². The van der Waals surface area contributed by atoms with Gasteiger partial charge in [-0.1, -0.05) is 60.5 Å². The zero-order chi connectivity index (χ0) is 18.6. The number of hydrogen-bond donors (Lipinski definition) is 0. The average molecular weight is 379 g/mol. The van der Waals surface area contributed by atoms with Crippen molar-refractivity contribution >= 4 is 11.6 Å². The summed E-state index contributed by atoms with van der Waals surface area (Å²) in [5.74, 6) is 3.66. The van der Waals surface area contributed by atoms with Crippen molar-refractivity contribution in [1.29, 1.82) is 0 Å².